The van der Waals surface area contributed by atoms with Crippen LogP contribution in [0.3, 0.4) is 0 Å². The molecule has 1 amide bonds. The Labute approximate surface area is 126 Å². The minimum absolute atomic E-state index is 0.0998. The van der Waals surface area contributed by atoms with Crippen molar-refractivity contribution in [3.8, 4) is 5.75 Å². The summed E-state index contributed by atoms with van der Waals surface area (Å²) in [7, 11) is 0. The first-order valence-electron chi connectivity index (χ1n) is 5.81. The summed E-state index contributed by atoms with van der Waals surface area (Å²) >= 11 is 10.7. The molecule has 3 N–H and O–H groups in total. The summed E-state index contributed by atoms with van der Waals surface area (Å²) in [5.74, 6) is -0.692. The fourth-order valence-electron chi connectivity index (χ4n) is 1.20. The van der Waals surface area contributed by atoms with E-state index in [9.17, 15) is 9.18 Å². The molecule has 20 heavy (non-hydrogen) atoms. The second kappa shape index (κ2) is 7.86. The first kappa shape index (κ1) is 16.5. The van der Waals surface area contributed by atoms with Crippen LogP contribution in [-0.4, -0.2) is 23.7 Å². The number of benzene rings is 1. The van der Waals surface area contributed by atoms with Gasteiger partial charge in [-0.15, -0.1) is 0 Å². The summed E-state index contributed by atoms with van der Waals surface area (Å²) in [6.07, 6.45) is 0. The number of hydrogen-bond acceptors (Lipinski definition) is 3. The third-order valence-corrected chi connectivity index (χ3v) is 2.50. The van der Waals surface area contributed by atoms with Crippen LogP contribution in [-0.2, 0) is 4.79 Å². The van der Waals surface area contributed by atoms with Crippen molar-refractivity contribution in [2.45, 2.75) is 19.9 Å². The van der Waals surface area contributed by atoms with Gasteiger partial charge in [-0.3, -0.25) is 15.6 Å². The number of carbonyl (C=O) groups is 1. The molecule has 0 saturated heterocycles. The molecule has 0 aliphatic rings. The molecule has 0 heterocycles. The molecular formula is C12H15ClFN3O2S. The van der Waals surface area contributed by atoms with E-state index in [0.717, 1.165) is 6.07 Å². The number of hydrazine groups is 1. The number of ether oxygens (including phenoxy) is 1. The molecule has 0 aliphatic carbocycles. The van der Waals surface area contributed by atoms with Gasteiger partial charge in [-0.05, 0) is 44.3 Å². The minimum Gasteiger partial charge on any atom is -0.482 e. The molecule has 0 bridgehead atoms. The highest BCUT2D eigenvalue weighted by molar-refractivity contribution is 7.80. The molecule has 0 fully saturated rings. The van der Waals surface area contributed by atoms with Crippen LogP contribution in [0.4, 0.5) is 4.39 Å². The fraction of sp³-hybridized carbons (Fsp3) is 0.333. The Balaban J connectivity index is 2.34. The van der Waals surface area contributed by atoms with E-state index in [1.807, 2.05) is 13.8 Å². The van der Waals surface area contributed by atoms with E-state index >= 15 is 0 Å². The first-order valence-corrected chi connectivity index (χ1v) is 6.60. The average molecular weight is 320 g/mol. The second-order valence-corrected chi connectivity index (χ2v) is 4.98. The van der Waals surface area contributed by atoms with Gasteiger partial charge in [0.25, 0.3) is 5.91 Å². The lowest BCUT2D eigenvalue weighted by molar-refractivity contribution is -0.123. The van der Waals surface area contributed by atoms with Gasteiger partial charge in [0, 0.05) is 6.04 Å². The van der Waals surface area contributed by atoms with Crippen molar-refractivity contribution in [3.63, 3.8) is 0 Å². The lowest BCUT2D eigenvalue weighted by Gasteiger charge is -2.14. The highest BCUT2D eigenvalue weighted by Gasteiger charge is 2.07. The Morgan fingerprint density at radius 1 is 1.45 bits per heavy atom. The van der Waals surface area contributed by atoms with Crippen LogP contribution in [0.2, 0.25) is 5.02 Å². The standard InChI is InChI=1S/C12H15ClFN3O2S/c1-7(2)15-12(20)17-16-11(18)6-19-10-4-3-8(14)5-9(10)13/h3-5,7H,6H2,1-2H3,(H,16,18)(H2,15,17,20). The Kier molecular flexibility index (Phi) is 6.47. The Morgan fingerprint density at radius 3 is 2.75 bits per heavy atom. The smallest absolute Gasteiger partial charge is 0.276 e. The molecule has 1 aromatic carbocycles. The van der Waals surface area contributed by atoms with Crippen molar-refractivity contribution in [2.24, 2.45) is 0 Å². The first-order chi connectivity index (χ1) is 9.38. The summed E-state index contributed by atoms with van der Waals surface area (Å²) in [5, 5.41) is 3.29. The van der Waals surface area contributed by atoms with E-state index in [1.54, 1.807) is 0 Å². The lowest BCUT2D eigenvalue weighted by atomic mass is 10.3. The molecule has 5 nitrogen and oxygen atoms in total. The molecule has 8 heteroatoms. The fourth-order valence-corrected chi connectivity index (χ4v) is 1.70. The van der Waals surface area contributed by atoms with Gasteiger partial charge in [-0.1, -0.05) is 11.6 Å². The van der Waals surface area contributed by atoms with Crippen LogP contribution in [0.1, 0.15) is 13.8 Å². The number of rotatable bonds is 4. The highest BCUT2D eigenvalue weighted by atomic mass is 35.5. The summed E-state index contributed by atoms with van der Waals surface area (Å²) in [6, 6.07) is 3.80. The van der Waals surface area contributed by atoms with Crippen LogP contribution >= 0.6 is 23.8 Å². The van der Waals surface area contributed by atoms with Gasteiger partial charge in [0.15, 0.2) is 11.7 Å². The van der Waals surface area contributed by atoms with Gasteiger partial charge in [0.2, 0.25) is 0 Å². The van der Waals surface area contributed by atoms with E-state index in [4.69, 9.17) is 28.6 Å². The zero-order chi connectivity index (χ0) is 15.1. The summed E-state index contributed by atoms with van der Waals surface area (Å²) < 4.78 is 18.0. The normalized spacial score (nSPS) is 10.1. The molecule has 0 radical (unpaired) electrons. The third kappa shape index (κ3) is 6.03. The zero-order valence-electron chi connectivity index (χ0n) is 11.0. The van der Waals surface area contributed by atoms with Crippen LogP contribution in [0.25, 0.3) is 0 Å². The lowest BCUT2D eigenvalue weighted by Crippen LogP contribution is -2.49. The van der Waals surface area contributed by atoms with Crippen molar-refractivity contribution < 1.29 is 13.9 Å². The maximum absolute atomic E-state index is 12.8. The summed E-state index contributed by atoms with van der Waals surface area (Å²) in [4.78, 5) is 11.5. The molecule has 0 spiro atoms. The third-order valence-electron chi connectivity index (χ3n) is 1.99. The number of amides is 1. The van der Waals surface area contributed by atoms with Gasteiger partial charge >= 0.3 is 0 Å². The monoisotopic (exact) mass is 319 g/mol. The van der Waals surface area contributed by atoms with E-state index in [-0.39, 0.29) is 23.4 Å². The van der Waals surface area contributed by atoms with Crippen LogP contribution in [0, 0.1) is 5.82 Å². The SMILES string of the molecule is CC(C)NC(=S)NNC(=O)COc1ccc(F)cc1Cl. The van der Waals surface area contributed by atoms with Crippen LogP contribution < -0.4 is 20.9 Å². The Hall–Kier alpha value is -1.60. The van der Waals surface area contributed by atoms with Crippen molar-refractivity contribution in [2.75, 3.05) is 6.61 Å². The molecule has 0 saturated carbocycles. The highest BCUT2D eigenvalue weighted by Crippen LogP contribution is 2.24. The minimum atomic E-state index is -0.474. The molecule has 1 aromatic rings. The van der Waals surface area contributed by atoms with E-state index < -0.39 is 11.7 Å². The molecule has 1 rings (SSSR count). The quantitative estimate of drug-likeness (QED) is 0.583. The Bertz CT molecular complexity index is 500. The van der Waals surface area contributed by atoms with E-state index in [0.29, 0.717) is 5.11 Å². The largest absolute Gasteiger partial charge is 0.482 e. The number of hydrogen-bond donors (Lipinski definition) is 3. The number of carbonyl (C=O) groups excluding carboxylic acids is 1. The summed E-state index contributed by atoms with van der Waals surface area (Å²) in [6.45, 7) is 3.55. The molecule has 0 atom stereocenters. The van der Waals surface area contributed by atoms with Gasteiger partial charge in [-0.25, -0.2) is 4.39 Å². The maximum atomic E-state index is 12.8. The van der Waals surface area contributed by atoms with Crippen molar-refractivity contribution in [3.05, 3.63) is 29.0 Å². The van der Waals surface area contributed by atoms with Crippen LogP contribution in [0.5, 0.6) is 5.75 Å². The van der Waals surface area contributed by atoms with E-state index in [2.05, 4.69) is 16.2 Å². The van der Waals surface area contributed by atoms with Crippen molar-refractivity contribution >= 4 is 34.8 Å². The molecule has 0 unspecified atom stereocenters. The van der Waals surface area contributed by atoms with Gasteiger partial charge < -0.3 is 10.1 Å². The van der Waals surface area contributed by atoms with Gasteiger partial charge in [-0.2, -0.15) is 0 Å². The molecule has 0 aliphatic heterocycles. The average Bonchev–Trinajstić information content (AvgIpc) is 2.34. The molecule has 0 aromatic heterocycles. The van der Waals surface area contributed by atoms with Gasteiger partial charge in [0.1, 0.15) is 11.6 Å². The Morgan fingerprint density at radius 2 is 2.15 bits per heavy atom. The maximum Gasteiger partial charge on any atom is 0.276 e. The van der Waals surface area contributed by atoms with Crippen molar-refractivity contribution in [1.29, 1.82) is 0 Å². The number of halogens is 2. The topological polar surface area (TPSA) is 62.4 Å². The van der Waals surface area contributed by atoms with Crippen molar-refractivity contribution in [1.82, 2.24) is 16.2 Å². The zero-order valence-corrected chi connectivity index (χ0v) is 12.6. The van der Waals surface area contributed by atoms with Crippen LogP contribution in [0.15, 0.2) is 18.2 Å². The molecular weight excluding hydrogens is 305 g/mol. The number of thiocarbonyl (C=S) groups is 1. The second-order valence-electron chi connectivity index (χ2n) is 4.16. The van der Waals surface area contributed by atoms with Gasteiger partial charge in [0.05, 0.1) is 5.02 Å². The molecule has 110 valence electrons. The number of nitrogens with one attached hydrogen (secondary N) is 3. The van der Waals surface area contributed by atoms with E-state index in [1.165, 1.54) is 12.1 Å². The predicted octanol–water partition coefficient (Wildman–Crippen LogP) is 1.76. The summed E-state index contributed by atoms with van der Waals surface area (Å²) in [5.41, 5.74) is 4.88. The predicted molar refractivity (Wildman–Crippen MR) is 79.1 cm³/mol.